The molecule has 0 unspecified atom stereocenters. The average Bonchev–Trinajstić information content (AvgIpc) is 2.79. The monoisotopic (exact) mass is 381 g/mol. The van der Waals surface area contributed by atoms with E-state index in [1.54, 1.807) is 12.4 Å². The van der Waals surface area contributed by atoms with Gasteiger partial charge >= 0.3 is 0 Å². The van der Waals surface area contributed by atoms with E-state index in [4.69, 9.17) is 47.5 Å². The molecule has 7 nitrogen and oxygen atoms in total. The number of rotatable bonds is 5. The van der Waals surface area contributed by atoms with E-state index in [1.165, 1.54) is 0 Å². The second-order valence-corrected chi connectivity index (χ2v) is 5.90. The predicted molar refractivity (Wildman–Crippen MR) is 108 cm³/mol. The molecule has 1 aromatic heterocycles. The van der Waals surface area contributed by atoms with Crippen LogP contribution < -0.4 is 22.3 Å². The molecule has 0 aliphatic carbocycles. The lowest BCUT2D eigenvalue weighted by atomic mass is 10.1. The summed E-state index contributed by atoms with van der Waals surface area (Å²) >= 11 is 16.0. The molecule has 0 aliphatic rings. The van der Waals surface area contributed by atoms with Crippen molar-refractivity contribution in [3.8, 4) is 0 Å². The summed E-state index contributed by atoms with van der Waals surface area (Å²) in [6, 6.07) is 5.77. The number of halogens is 1. The van der Waals surface area contributed by atoms with E-state index in [9.17, 15) is 0 Å². The normalized spacial score (nSPS) is 11.4. The van der Waals surface area contributed by atoms with E-state index in [2.05, 4.69) is 21.1 Å². The standard InChI is InChI=1S/C14H16ClN7S2/c1-2-22-11-8(6-18-20-13(16)23)4-3-5-9(11)10(12(22)15)7-19-21-14(17)24/h3-7H,2H2,1H3,(H3,16,20,23)(H3,17,21,24). The van der Waals surface area contributed by atoms with Crippen LogP contribution in [0.1, 0.15) is 18.1 Å². The number of benzene rings is 1. The number of aromatic nitrogens is 1. The zero-order valence-electron chi connectivity index (χ0n) is 12.8. The highest BCUT2D eigenvalue weighted by Crippen LogP contribution is 2.30. The van der Waals surface area contributed by atoms with Crippen LogP contribution in [-0.4, -0.2) is 27.2 Å². The van der Waals surface area contributed by atoms with Gasteiger partial charge in [-0.1, -0.05) is 29.8 Å². The van der Waals surface area contributed by atoms with Crippen molar-refractivity contribution in [3.63, 3.8) is 0 Å². The molecule has 10 heteroatoms. The first kappa shape index (κ1) is 18.1. The number of hydrogen-bond acceptors (Lipinski definition) is 4. The Morgan fingerprint density at radius 1 is 1.21 bits per heavy atom. The number of thiocarbonyl (C=S) groups is 2. The van der Waals surface area contributed by atoms with Gasteiger partial charge in [-0.3, -0.25) is 10.9 Å². The summed E-state index contributed by atoms with van der Waals surface area (Å²) in [5.74, 6) is 0. The van der Waals surface area contributed by atoms with Crippen LogP contribution in [0.25, 0.3) is 10.9 Å². The first-order chi connectivity index (χ1) is 11.5. The van der Waals surface area contributed by atoms with Crippen molar-refractivity contribution in [3.05, 3.63) is 34.5 Å². The van der Waals surface area contributed by atoms with Gasteiger partial charge in [0.2, 0.25) is 0 Å². The van der Waals surface area contributed by atoms with Gasteiger partial charge in [0.05, 0.1) is 17.9 Å². The summed E-state index contributed by atoms with van der Waals surface area (Å²) in [5.41, 5.74) is 18.3. The van der Waals surface area contributed by atoms with Gasteiger partial charge in [-0.25, -0.2) is 0 Å². The van der Waals surface area contributed by atoms with E-state index >= 15 is 0 Å². The fraction of sp³-hybridized carbons (Fsp3) is 0.143. The van der Waals surface area contributed by atoms with Crippen molar-refractivity contribution in [2.24, 2.45) is 21.7 Å². The van der Waals surface area contributed by atoms with Crippen LogP contribution in [0.4, 0.5) is 0 Å². The number of nitrogens with one attached hydrogen (secondary N) is 2. The Bertz CT molecular complexity index is 841. The number of hydrogen-bond donors (Lipinski definition) is 4. The third kappa shape index (κ3) is 3.99. The maximum absolute atomic E-state index is 6.50. The first-order valence-corrected chi connectivity index (χ1v) is 8.12. The zero-order chi connectivity index (χ0) is 17.7. The van der Waals surface area contributed by atoms with Crippen LogP contribution in [-0.2, 0) is 6.54 Å². The summed E-state index contributed by atoms with van der Waals surface area (Å²) in [6.07, 6.45) is 3.22. The molecule has 24 heavy (non-hydrogen) atoms. The highest BCUT2D eigenvalue weighted by molar-refractivity contribution is 7.80. The molecule has 0 aliphatic heterocycles. The van der Waals surface area contributed by atoms with E-state index in [1.807, 2.05) is 29.7 Å². The molecule has 2 aromatic rings. The molecule has 0 radical (unpaired) electrons. The minimum atomic E-state index is 0.0817. The Labute approximate surface area is 154 Å². The van der Waals surface area contributed by atoms with Crippen molar-refractivity contribution < 1.29 is 0 Å². The molecule has 6 N–H and O–H groups in total. The number of fused-ring (bicyclic) bond motifs is 1. The Morgan fingerprint density at radius 2 is 1.83 bits per heavy atom. The Hall–Kier alpha value is -2.23. The number of hydrazone groups is 2. The molecule has 0 spiro atoms. The minimum absolute atomic E-state index is 0.0817. The van der Waals surface area contributed by atoms with Gasteiger partial charge in [-0.05, 0) is 31.4 Å². The zero-order valence-corrected chi connectivity index (χ0v) is 15.2. The summed E-state index contributed by atoms with van der Waals surface area (Å²) in [4.78, 5) is 0. The van der Waals surface area contributed by atoms with E-state index in [0.717, 1.165) is 22.0 Å². The fourth-order valence-electron chi connectivity index (χ4n) is 2.28. The summed E-state index contributed by atoms with van der Waals surface area (Å²) in [6.45, 7) is 2.68. The second kappa shape index (κ2) is 8.04. The molecule has 2 rings (SSSR count). The Morgan fingerprint density at radius 3 is 2.42 bits per heavy atom. The lowest BCUT2D eigenvalue weighted by Gasteiger charge is -2.05. The van der Waals surface area contributed by atoms with Crippen molar-refractivity contribution in [2.75, 3.05) is 0 Å². The van der Waals surface area contributed by atoms with Gasteiger partial charge < -0.3 is 16.0 Å². The third-order valence-corrected chi connectivity index (χ3v) is 3.74. The van der Waals surface area contributed by atoms with Gasteiger partial charge in [0.15, 0.2) is 10.2 Å². The van der Waals surface area contributed by atoms with Crippen LogP contribution >= 0.6 is 36.0 Å². The highest BCUT2D eigenvalue weighted by Gasteiger charge is 2.15. The minimum Gasteiger partial charge on any atom is -0.375 e. The van der Waals surface area contributed by atoms with E-state index < -0.39 is 0 Å². The molecule has 1 aromatic carbocycles. The number of nitrogens with zero attached hydrogens (tertiary/aromatic N) is 3. The fourth-order valence-corrected chi connectivity index (χ4v) is 2.74. The van der Waals surface area contributed by atoms with Crippen molar-refractivity contribution in [1.29, 1.82) is 0 Å². The van der Waals surface area contributed by atoms with Crippen LogP contribution in [0.5, 0.6) is 0 Å². The maximum Gasteiger partial charge on any atom is 0.184 e. The molecule has 0 fully saturated rings. The Balaban J connectivity index is 2.56. The summed E-state index contributed by atoms with van der Waals surface area (Å²) in [7, 11) is 0. The molecular formula is C14H16ClN7S2. The molecule has 0 bridgehead atoms. The molecule has 0 saturated heterocycles. The van der Waals surface area contributed by atoms with Crippen LogP contribution in [0.15, 0.2) is 28.4 Å². The average molecular weight is 382 g/mol. The van der Waals surface area contributed by atoms with Crippen LogP contribution in [0, 0.1) is 0 Å². The van der Waals surface area contributed by atoms with Crippen LogP contribution in [0.3, 0.4) is 0 Å². The predicted octanol–water partition coefficient (Wildman–Crippen LogP) is 1.65. The van der Waals surface area contributed by atoms with Crippen molar-refractivity contribution >= 4 is 69.6 Å². The quantitative estimate of drug-likeness (QED) is 0.356. The topological polar surface area (TPSA) is 106 Å². The summed E-state index contributed by atoms with van der Waals surface area (Å²) < 4.78 is 1.96. The molecule has 1 heterocycles. The SMILES string of the molecule is CCn1c(Cl)c(C=NNC(N)=S)c2cccc(C=NNC(N)=S)c21. The first-order valence-electron chi connectivity index (χ1n) is 6.93. The van der Waals surface area contributed by atoms with E-state index in [0.29, 0.717) is 11.7 Å². The van der Waals surface area contributed by atoms with Gasteiger partial charge in [-0.2, -0.15) is 10.2 Å². The van der Waals surface area contributed by atoms with Gasteiger partial charge in [0.1, 0.15) is 5.15 Å². The molecule has 0 atom stereocenters. The lowest BCUT2D eigenvalue weighted by molar-refractivity contribution is 0.797. The number of para-hydroxylation sites is 1. The van der Waals surface area contributed by atoms with Crippen molar-refractivity contribution in [2.45, 2.75) is 13.5 Å². The maximum atomic E-state index is 6.50. The summed E-state index contributed by atoms with van der Waals surface area (Å²) in [5, 5.41) is 9.67. The molecule has 0 amide bonds. The highest BCUT2D eigenvalue weighted by atomic mass is 35.5. The largest absolute Gasteiger partial charge is 0.375 e. The smallest absolute Gasteiger partial charge is 0.184 e. The lowest BCUT2D eigenvalue weighted by Crippen LogP contribution is -2.24. The molecule has 0 saturated carbocycles. The van der Waals surface area contributed by atoms with Crippen LogP contribution in [0.2, 0.25) is 5.15 Å². The van der Waals surface area contributed by atoms with Gasteiger partial charge in [0.25, 0.3) is 0 Å². The number of aryl methyl sites for hydroxylation is 1. The number of nitrogens with two attached hydrogens (primary N) is 2. The van der Waals surface area contributed by atoms with Gasteiger partial charge in [0, 0.05) is 23.1 Å². The molecular weight excluding hydrogens is 366 g/mol. The third-order valence-electron chi connectivity index (χ3n) is 3.15. The second-order valence-electron chi connectivity index (χ2n) is 4.66. The Kier molecular flexibility index (Phi) is 6.07. The van der Waals surface area contributed by atoms with E-state index in [-0.39, 0.29) is 10.2 Å². The van der Waals surface area contributed by atoms with Crippen molar-refractivity contribution in [1.82, 2.24) is 15.4 Å². The molecule has 126 valence electrons. The van der Waals surface area contributed by atoms with Gasteiger partial charge in [-0.15, -0.1) is 0 Å².